The molecule has 0 spiro atoms. The molecule has 1 aliphatic heterocycles. The molecular formula is C18H20N6O. The van der Waals surface area contributed by atoms with Crippen molar-refractivity contribution >= 4 is 17.4 Å². The van der Waals surface area contributed by atoms with Gasteiger partial charge in [0, 0.05) is 45.5 Å². The van der Waals surface area contributed by atoms with E-state index in [4.69, 9.17) is 0 Å². The molecule has 1 atom stereocenters. The van der Waals surface area contributed by atoms with Crippen LogP contribution in [0.1, 0.15) is 28.4 Å². The quantitative estimate of drug-likeness (QED) is 0.730. The summed E-state index contributed by atoms with van der Waals surface area (Å²) >= 11 is 0. The van der Waals surface area contributed by atoms with Crippen LogP contribution >= 0.6 is 0 Å². The van der Waals surface area contributed by atoms with Gasteiger partial charge in [0.05, 0.1) is 11.9 Å². The molecule has 4 heterocycles. The van der Waals surface area contributed by atoms with Crippen LogP contribution in [0, 0.1) is 0 Å². The lowest BCUT2D eigenvalue weighted by atomic mass is 10.0. The molecule has 0 saturated carbocycles. The smallest absolute Gasteiger partial charge is 0.258 e. The number of carbonyl (C=O) groups is 1. The summed E-state index contributed by atoms with van der Waals surface area (Å²) in [5, 5.41) is 4.44. The van der Waals surface area contributed by atoms with Crippen LogP contribution in [0.4, 0.5) is 5.82 Å². The Morgan fingerprint density at radius 1 is 1.20 bits per heavy atom. The van der Waals surface area contributed by atoms with Crippen LogP contribution in [-0.2, 0) is 0 Å². The average Bonchev–Trinajstić information content (AvgIpc) is 3.29. The zero-order valence-corrected chi connectivity index (χ0v) is 14.3. The van der Waals surface area contributed by atoms with Gasteiger partial charge < -0.3 is 9.80 Å². The maximum atomic E-state index is 12.3. The van der Waals surface area contributed by atoms with Crippen LogP contribution in [0.15, 0.2) is 42.9 Å². The van der Waals surface area contributed by atoms with E-state index in [1.807, 2.05) is 35.0 Å². The number of hydrogen-bond donors (Lipinski definition) is 0. The highest BCUT2D eigenvalue weighted by Crippen LogP contribution is 2.30. The number of fused-ring (bicyclic) bond motifs is 1. The van der Waals surface area contributed by atoms with Crippen LogP contribution in [0.2, 0.25) is 0 Å². The van der Waals surface area contributed by atoms with Crippen LogP contribution in [0.5, 0.6) is 0 Å². The Bertz CT molecular complexity index is 904. The molecule has 1 saturated heterocycles. The van der Waals surface area contributed by atoms with Crippen molar-refractivity contribution in [3.63, 3.8) is 0 Å². The number of anilines is 1. The Balaban J connectivity index is 1.65. The van der Waals surface area contributed by atoms with Crippen molar-refractivity contribution in [3.8, 4) is 0 Å². The minimum atomic E-state index is -0.0822. The average molecular weight is 336 g/mol. The highest BCUT2D eigenvalue weighted by molar-refractivity contribution is 5.99. The lowest BCUT2D eigenvalue weighted by Gasteiger charge is -2.17. The summed E-state index contributed by atoms with van der Waals surface area (Å²) in [6.45, 7) is 1.84. The first-order valence-electron chi connectivity index (χ1n) is 8.35. The van der Waals surface area contributed by atoms with Crippen LogP contribution in [-0.4, -0.2) is 57.6 Å². The van der Waals surface area contributed by atoms with Gasteiger partial charge >= 0.3 is 0 Å². The molecule has 3 aromatic rings. The Morgan fingerprint density at radius 2 is 2.08 bits per heavy atom. The summed E-state index contributed by atoms with van der Waals surface area (Å²) in [5.41, 5.74) is 2.24. The highest BCUT2D eigenvalue weighted by Gasteiger charge is 2.28. The zero-order valence-electron chi connectivity index (χ0n) is 14.3. The molecule has 25 heavy (non-hydrogen) atoms. The van der Waals surface area contributed by atoms with Gasteiger partial charge in [-0.3, -0.25) is 4.79 Å². The summed E-state index contributed by atoms with van der Waals surface area (Å²) in [5.74, 6) is 1.25. The lowest BCUT2D eigenvalue weighted by molar-refractivity contribution is 0.0829. The van der Waals surface area contributed by atoms with Crippen molar-refractivity contribution in [3.05, 3.63) is 54.1 Å². The maximum absolute atomic E-state index is 12.3. The Labute approximate surface area is 145 Å². The fourth-order valence-electron chi connectivity index (χ4n) is 3.36. The number of aromatic nitrogens is 4. The molecule has 1 fully saturated rings. The maximum Gasteiger partial charge on any atom is 0.258 e. The van der Waals surface area contributed by atoms with Crippen molar-refractivity contribution in [1.29, 1.82) is 0 Å². The van der Waals surface area contributed by atoms with E-state index in [0.717, 1.165) is 31.0 Å². The highest BCUT2D eigenvalue weighted by atomic mass is 16.2. The second-order valence-electron chi connectivity index (χ2n) is 6.48. The third-order valence-corrected chi connectivity index (χ3v) is 4.65. The molecule has 0 bridgehead atoms. The first-order chi connectivity index (χ1) is 12.1. The first-order valence-corrected chi connectivity index (χ1v) is 8.35. The van der Waals surface area contributed by atoms with E-state index in [1.165, 1.54) is 0 Å². The summed E-state index contributed by atoms with van der Waals surface area (Å²) < 4.78 is 1.81. The number of nitrogens with zero attached hydrogens (tertiary/aromatic N) is 6. The normalized spacial score (nSPS) is 17.2. The second kappa shape index (κ2) is 6.16. The van der Waals surface area contributed by atoms with E-state index < -0.39 is 0 Å². The van der Waals surface area contributed by atoms with E-state index in [2.05, 4.69) is 20.0 Å². The monoisotopic (exact) mass is 336 g/mol. The van der Waals surface area contributed by atoms with Gasteiger partial charge in [-0.15, -0.1) is 0 Å². The lowest BCUT2D eigenvalue weighted by Crippen LogP contribution is -2.22. The van der Waals surface area contributed by atoms with Crippen molar-refractivity contribution in [2.45, 2.75) is 12.3 Å². The fraction of sp³-hybridized carbons (Fsp3) is 0.333. The van der Waals surface area contributed by atoms with Crippen molar-refractivity contribution < 1.29 is 4.79 Å². The van der Waals surface area contributed by atoms with Gasteiger partial charge in [0.2, 0.25) is 0 Å². The molecule has 3 aromatic heterocycles. The van der Waals surface area contributed by atoms with E-state index >= 15 is 0 Å². The SMILES string of the molecule is CN(C)C(=O)c1cnn2c(C3CCN(c4ccccn4)C3)ccnc12. The number of hydrogen-bond acceptors (Lipinski definition) is 5. The summed E-state index contributed by atoms with van der Waals surface area (Å²) in [6.07, 6.45) is 6.22. The topological polar surface area (TPSA) is 66.6 Å². The zero-order chi connectivity index (χ0) is 17.4. The molecule has 0 radical (unpaired) electrons. The second-order valence-corrected chi connectivity index (χ2v) is 6.48. The Hall–Kier alpha value is -2.96. The van der Waals surface area contributed by atoms with Gasteiger partial charge in [-0.1, -0.05) is 6.07 Å². The number of amides is 1. The van der Waals surface area contributed by atoms with Crippen molar-refractivity contribution in [2.24, 2.45) is 0 Å². The molecule has 1 unspecified atom stereocenters. The van der Waals surface area contributed by atoms with Gasteiger partial charge in [0.1, 0.15) is 11.4 Å². The van der Waals surface area contributed by atoms with Gasteiger partial charge in [-0.05, 0) is 24.6 Å². The molecule has 0 aromatic carbocycles. The molecule has 0 aliphatic carbocycles. The number of rotatable bonds is 3. The standard InChI is InChI=1S/C18H20N6O/c1-22(2)18(25)14-11-21-24-15(6-9-20-17(14)24)13-7-10-23(12-13)16-5-3-4-8-19-16/h3-6,8-9,11,13H,7,10,12H2,1-2H3. The minimum absolute atomic E-state index is 0.0822. The van der Waals surface area contributed by atoms with Crippen LogP contribution in [0.25, 0.3) is 5.65 Å². The number of pyridine rings is 1. The van der Waals surface area contributed by atoms with Gasteiger partial charge in [0.15, 0.2) is 5.65 Å². The third-order valence-electron chi connectivity index (χ3n) is 4.65. The minimum Gasteiger partial charge on any atom is -0.356 e. The van der Waals surface area contributed by atoms with E-state index in [0.29, 0.717) is 17.1 Å². The first kappa shape index (κ1) is 15.6. The van der Waals surface area contributed by atoms with Gasteiger partial charge in [0.25, 0.3) is 5.91 Å². The van der Waals surface area contributed by atoms with E-state index in [9.17, 15) is 4.79 Å². The van der Waals surface area contributed by atoms with Crippen molar-refractivity contribution in [2.75, 3.05) is 32.1 Å². The predicted molar refractivity (Wildman–Crippen MR) is 94.8 cm³/mol. The van der Waals surface area contributed by atoms with Crippen LogP contribution < -0.4 is 4.90 Å². The number of carbonyl (C=O) groups excluding carboxylic acids is 1. The molecule has 1 aliphatic rings. The molecule has 4 rings (SSSR count). The van der Waals surface area contributed by atoms with E-state index in [-0.39, 0.29) is 5.91 Å². The summed E-state index contributed by atoms with van der Waals surface area (Å²) in [6, 6.07) is 7.96. The van der Waals surface area contributed by atoms with Crippen LogP contribution in [0.3, 0.4) is 0 Å². The molecule has 0 N–H and O–H groups in total. The molecular weight excluding hydrogens is 316 g/mol. The molecule has 7 heteroatoms. The van der Waals surface area contributed by atoms with E-state index in [1.54, 1.807) is 31.4 Å². The third kappa shape index (κ3) is 2.71. The summed E-state index contributed by atoms with van der Waals surface area (Å²) in [4.78, 5) is 25.0. The molecule has 7 nitrogen and oxygen atoms in total. The van der Waals surface area contributed by atoms with Gasteiger partial charge in [-0.25, -0.2) is 14.5 Å². The van der Waals surface area contributed by atoms with Gasteiger partial charge in [-0.2, -0.15) is 5.10 Å². The Morgan fingerprint density at radius 3 is 2.84 bits per heavy atom. The molecule has 1 amide bonds. The molecule has 128 valence electrons. The Kier molecular flexibility index (Phi) is 3.83. The predicted octanol–water partition coefficient (Wildman–Crippen LogP) is 1.82. The fourth-order valence-corrected chi connectivity index (χ4v) is 3.36. The van der Waals surface area contributed by atoms with Crippen molar-refractivity contribution in [1.82, 2.24) is 24.5 Å². The summed E-state index contributed by atoms with van der Waals surface area (Å²) in [7, 11) is 3.47. The largest absolute Gasteiger partial charge is 0.356 e.